The number of rotatable bonds is 4. The number of alkyl halides is 3. The highest BCUT2D eigenvalue weighted by Crippen LogP contribution is 2.31. The van der Waals surface area contributed by atoms with Crippen molar-refractivity contribution < 1.29 is 22.6 Å². The molecule has 3 N–H and O–H groups in total. The monoisotopic (exact) mass is 336 g/mol. The van der Waals surface area contributed by atoms with Crippen molar-refractivity contribution in [1.82, 2.24) is 4.98 Å². The third-order valence-corrected chi connectivity index (χ3v) is 3.73. The summed E-state index contributed by atoms with van der Waals surface area (Å²) in [5.74, 6) is 0.420. The summed E-state index contributed by atoms with van der Waals surface area (Å²) in [5.41, 5.74) is 8.67. The lowest BCUT2D eigenvalue weighted by atomic mass is 9.99. The van der Waals surface area contributed by atoms with Crippen LogP contribution in [0.15, 0.2) is 48.7 Å². The minimum absolute atomic E-state index is 0.279. The van der Waals surface area contributed by atoms with Crippen molar-refractivity contribution in [3.63, 3.8) is 0 Å². The third kappa shape index (κ3) is 3.30. The Bertz CT molecular complexity index is 841. The van der Waals surface area contributed by atoms with Crippen molar-refractivity contribution in [2.45, 2.75) is 12.4 Å². The van der Waals surface area contributed by atoms with Gasteiger partial charge in [-0.1, -0.05) is 12.1 Å². The van der Waals surface area contributed by atoms with E-state index in [1.165, 1.54) is 24.3 Å². The number of hydrogen-bond acceptors (Lipinski definition) is 3. The van der Waals surface area contributed by atoms with E-state index in [1.807, 2.05) is 18.2 Å². The lowest BCUT2D eigenvalue weighted by Crippen LogP contribution is -2.17. The molecule has 0 bridgehead atoms. The van der Waals surface area contributed by atoms with E-state index in [2.05, 4.69) is 9.72 Å². The predicted octanol–water partition coefficient (Wildman–Crippen LogP) is 4.12. The highest BCUT2D eigenvalue weighted by atomic mass is 19.4. The molecule has 0 radical (unpaired) electrons. The lowest BCUT2D eigenvalue weighted by Gasteiger charge is -2.13. The highest BCUT2D eigenvalue weighted by molar-refractivity contribution is 5.85. The molecule has 0 unspecified atom stereocenters. The summed E-state index contributed by atoms with van der Waals surface area (Å²) >= 11 is 0. The number of methoxy groups -OCH3 is 1. The molecule has 3 aromatic rings. The fourth-order valence-corrected chi connectivity index (χ4v) is 2.56. The number of ether oxygens (including phenoxy) is 2. The van der Waals surface area contributed by atoms with Gasteiger partial charge in [-0.3, -0.25) is 0 Å². The third-order valence-electron chi connectivity index (χ3n) is 3.73. The van der Waals surface area contributed by atoms with Crippen LogP contribution in [0.5, 0.6) is 11.5 Å². The predicted molar refractivity (Wildman–Crippen MR) is 84.0 cm³/mol. The van der Waals surface area contributed by atoms with Crippen LogP contribution in [-0.2, 0) is 0 Å². The van der Waals surface area contributed by atoms with Crippen LogP contribution in [0.1, 0.15) is 17.2 Å². The summed E-state index contributed by atoms with van der Waals surface area (Å²) < 4.78 is 45.7. The first-order chi connectivity index (χ1) is 11.4. The largest absolute Gasteiger partial charge is 0.573 e. The van der Waals surface area contributed by atoms with Crippen molar-refractivity contribution >= 4 is 10.9 Å². The molecule has 0 aliphatic rings. The molecule has 0 spiro atoms. The molecular weight excluding hydrogens is 321 g/mol. The summed E-state index contributed by atoms with van der Waals surface area (Å²) in [7, 11) is 1.58. The summed E-state index contributed by atoms with van der Waals surface area (Å²) in [6, 6.07) is 10.6. The second kappa shape index (κ2) is 6.09. The van der Waals surface area contributed by atoms with Gasteiger partial charge in [-0.15, -0.1) is 13.2 Å². The van der Waals surface area contributed by atoms with Gasteiger partial charge in [0.15, 0.2) is 0 Å². The number of hydrogen-bond donors (Lipinski definition) is 2. The fraction of sp³-hybridized carbons (Fsp3) is 0.176. The topological polar surface area (TPSA) is 60.3 Å². The average molecular weight is 336 g/mol. The minimum atomic E-state index is -4.71. The van der Waals surface area contributed by atoms with Crippen LogP contribution in [0.2, 0.25) is 0 Å². The van der Waals surface area contributed by atoms with Gasteiger partial charge >= 0.3 is 6.36 Å². The van der Waals surface area contributed by atoms with Gasteiger partial charge in [0.2, 0.25) is 0 Å². The molecule has 4 nitrogen and oxygen atoms in total. The number of nitrogens with two attached hydrogens (primary N) is 1. The molecule has 0 aliphatic carbocycles. The van der Waals surface area contributed by atoms with Crippen LogP contribution in [0.25, 0.3) is 10.9 Å². The Hall–Kier alpha value is -2.67. The molecule has 1 atom stereocenters. The molecule has 0 saturated heterocycles. The van der Waals surface area contributed by atoms with Crippen molar-refractivity contribution in [2.24, 2.45) is 5.73 Å². The van der Waals surface area contributed by atoms with Crippen LogP contribution in [-0.4, -0.2) is 18.5 Å². The van der Waals surface area contributed by atoms with Gasteiger partial charge in [-0.2, -0.15) is 0 Å². The SMILES string of the molecule is COc1ccc2[nH]cc([C@@H](N)c3ccc(OC(F)(F)F)cc3)c2c1. The molecular formula is C17H15F3N2O2. The van der Waals surface area contributed by atoms with Crippen molar-refractivity contribution in [3.8, 4) is 11.5 Å². The molecule has 126 valence electrons. The zero-order chi connectivity index (χ0) is 17.3. The van der Waals surface area contributed by atoms with Gasteiger partial charge in [-0.25, -0.2) is 0 Å². The zero-order valence-corrected chi connectivity index (χ0v) is 12.7. The smallest absolute Gasteiger partial charge is 0.497 e. The van der Waals surface area contributed by atoms with E-state index in [0.29, 0.717) is 11.3 Å². The van der Waals surface area contributed by atoms with Crippen LogP contribution in [0.3, 0.4) is 0 Å². The summed E-state index contributed by atoms with van der Waals surface area (Å²) in [6.45, 7) is 0. The Kier molecular flexibility index (Phi) is 4.11. The van der Waals surface area contributed by atoms with Crippen LogP contribution in [0.4, 0.5) is 13.2 Å². The number of benzene rings is 2. The van der Waals surface area contributed by atoms with Gasteiger partial charge in [0.25, 0.3) is 0 Å². The maximum absolute atomic E-state index is 12.2. The maximum atomic E-state index is 12.2. The number of halogens is 3. The molecule has 7 heteroatoms. The highest BCUT2D eigenvalue weighted by Gasteiger charge is 2.31. The van der Waals surface area contributed by atoms with Crippen molar-refractivity contribution in [1.29, 1.82) is 0 Å². The van der Waals surface area contributed by atoms with E-state index in [0.717, 1.165) is 16.5 Å². The molecule has 1 heterocycles. The number of fused-ring (bicyclic) bond motifs is 1. The van der Waals surface area contributed by atoms with E-state index in [1.54, 1.807) is 13.3 Å². The van der Waals surface area contributed by atoms with E-state index < -0.39 is 12.4 Å². The van der Waals surface area contributed by atoms with Crippen LogP contribution < -0.4 is 15.2 Å². The molecule has 3 rings (SSSR count). The van der Waals surface area contributed by atoms with Crippen molar-refractivity contribution in [2.75, 3.05) is 7.11 Å². The number of H-pyrrole nitrogens is 1. The molecule has 2 aromatic carbocycles. The van der Waals surface area contributed by atoms with Gasteiger partial charge in [0.1, 0.15) is 11.5 Å². The van der Waals surface area contributed by atoms with E-state index in [-0.39, 0.29) is 5.75 Å². The molecule has 1 aromatic heterocycles. The van der Waals surface area contributed by atoms with E-state index in [9.17, 15) is 13.2 Å². The van der Waals surface area contributed by atoms with Gasteiger partial charge in [0, 0.05) is 17.1 Å². The normalized spacial score (nSPS) is 13.0. The maximum Gasteiger partial charge on any atom is 0.573 e. The first-order valence-electron chi connectivity index (χ1n) is 7.14. The Morgan fingerprint density at radius 2 is 1.71 bits per heavy atom. The second-order valence-electron chi connectivity index (χ2n) is 5.25. The quantitative estimate of drug-likeness (QED) is 0.753. The summed E-state index contributed by atoms with van der Waals surface area (Å²) in [6.07, 6.45) is -2.92. The van der Waals surface area contributed by atoms with Crippen LogP contribution in [0, 0.1) is 0 Å². The first kappa shape index (κ1) is 16.2. The molecule has 0 saturated carbocycles. The van der Waals surface area contributed by atoms with Gasteiger partial charge < -0.3 is 20.2 Å². The number of aromatic amines is 1. The Labute approximate surface area is 136 Å². The van der Waals surface area contributed by atoms with Gasteiger partial charge in [0.05, 0.1) is 13.2 Å². The summed E-state index contributed by atoms with van der Waals surface area (Å²) in [4.78, 5) is 3.12. The van der Waals surface area contributed by atoms with E-state index in [4.69, 9.17) is 10.5 Å². The number of nitrogens with one attached hydrogen (secondary N) is 1. The minimum Gasteiger partial charge on any atom is -0.497 e. The average Bonchev–Trinajstić information content (AvgIpc) is 2.96. The Morgan fingerprint density at radius 1 is 1.04 bits per heavy atom. The molecule has 0 aliphatic heterocycles. The Balaban J connectivity index is 1.90. The second-order valence-corrected chi connectivity index (χ2v) is 5.25. The standard InChI is InChI=1S/C17H15F3N2O2/c1-23-12-6-7-15-13(8-12)14(9-22-15)16(21)10-2-4-11(5-3-10)24-17(18,19)20/h2-9,16,22H,21H2,1H3/t16-/m0/s1. The lowest BCUT2D eigenvalue weighted by molar-refractivity contribution is -0.274. The molecule has 24 heavy (non-hydrogen) atoms. The first-order valence-corrected chi connectivity index (χ1v) is 7.14. The summed E-state index contributed by atoms with van der Waals surface area (Å²) in [5, 5.41) is 0.900. The fourth-order valence-electron chi connectivity index (χ4n) is 2.56. The van der Waals surface area contributed by atoms with Gasteiger partial charge in [-0.05, 0) is 41.5 Å². The van der Waals surface area contributed by atoms with E-state index >= 15 is 0 Å². The number of aromatic nitrogens is 1. The van der Waals surface area contributed by atoms with Crippen LogP contribution >= 0.6 is 0 Å². The zero-order valence-electron chi connectivity index (χ0n) is 12.7. The molecule has 0 amide bonds. The van der Waals surface area contributed by atoms with Crippen molar-refractivity contribution in [3.05, 3.63) is 59.8 Å². The Morgan fingerprint density at radius 3 is 2.33 bits per heavy atom. The molecule has 0 fully saturated rings.